The average molecular weight is 474 g/mol. The van der Waals surface area contributed by atoms with Gasteiger partial charge in [0.15, 0.2) is 0 Å². The maximum absolute atomic E-state index is 12.9. The predicted octanol–water partition coefficient (Wildman–Crippen LogP) is 4.17. The molecule has 0 radical (unpaired) electrons. The van der Waals surface area contributed by atoms with Gasteiger partial charge >= 0.3 is 0 Å². The number of likely N-dealkylation sites (tertiary alicyclic amines) is 2. The molecule has 1 atom stereocenters. The third-order valence-electron chi connectivity index (χ3n) is 7.07. The first-order chi connectivity index (χ1) is 17.1. The number of aromatic nitrogens is 2. The van der Waals surface area contributed by atoms with E-state index in [1.807, 2.05) is 25.1 Å². The highest BCUT2D eigenvalue weighted by Gasteiger charge is 2.27. The van der Waals surface area contributed by atoms with E-state index in [0.29, 0.717) is 31.3 Å². The van der Waals surface area contributed by atoms with Crippen molar-refractivity contribution in [1.82, 2.24) is 25.3 Å². The molecule has 2 aliphatic rings. The van der Waals surface area contributed by atoms with Crippen molar-refractivity contribution in [3.05, 3.63) is 71.1 Å². The van der Waals surface area contributed by atoms with E-state index in [1.54, 1.807) is 0 Å². The Morgan fingerprint density at radius 3 is 2.57 bits per heavy atom. The van der Waals surface area contributed by atoms with Crippen LogP contribution in [-0.2, 0) is 24.4 Å². The number of nitrogens with zero attached hydrogens (tertiary/aromatic N) is 4. The fourth-order valence-electron chi connectivity index (χ4n) is 5.12. The van der Waals surface area contributed by atoms with E-state index >= 15 is 0 Å². The Morgan fingerprint density at radius 1 is 1.00 bits per heavy atom. The maximum atomic E-state index is 12.9. The van der Waals surface area contributed by atoms with E-state index in [-0.39, 0.29) is 11.8 Å². The van der Waals surface area contributed by atoms with Crippen LogP contribution in [0.15, 0.2) is 53.1 Å². The van der Waals surface area contributed by atoms with E-state index in [0.717, 1.165) is 42.6 Å². The number of carbonyl (C=O) groups is 1. The summed E-state index contributed by atoms with van der Waals surface area (Å²) in [6.45, 7) is 8.27. The lowest BCUT2D eigenvalue weighted by Gasteiger charge is -2.30. The molecular formula is C28H35N5O2. The number of nitrogens with one attached hydrogen (secondary N) is 1. The third-order valence-corrected chi connectivity index (χ3v) is 7.07. The van der Waals surface area contributed by atoms with Gasteiger partial charge in [-0.2, -0.15) is 4.98 Å². The lowest BCUT2D eigenvalue weighted by Crippen LogP contribution is -2.42. The zero-order valence-corrected chi connectivity index (χ0v) is 20.6. The van der Waals surface area contributed by atoms with Crippen LogP contribution in [0.25, 0.3) is 11.4 Å². The van der Waals surface area contributed by atoms with E-state index < -0.39 is 0 Å². The first-order valence-corrected chi connectivity index (χ1v) is 12.8. The molecule has 3 aromatic rings. The molecule has 1 unspecified atom stereocenters. The molecule has 1 aromatic heterocycles. The number of amides is 1. The Bertz CT molecular complexity index is 1120. The van der Waals surface area contributed by atoms with Gasteiger partial charge in [0.05, 0.1) is 12.5 Å². The number of hydrogen-bond acceptors (Lipinski definition) is 6. The Balaban J connectivity index is 1.10. The molecule has 2 aliphatic heterocycles. The van der Waals surface area contributed by atoms with Crippen molar-refractivity contribution < 1.29 is 9.32 Å². The second kappa shape index (κ2) is 11.1. The Kier molecular flexibility index (Phi) is 7.54. The van der Waals surface area contributed by atoms with Crippen molar-refractivity contribution in [1.29, 1.82) is 0 Å². The molecule has 1 amide bonds. The number of carbonyl (C=O) groups excluding carboxylic acids is 1. The van der Waals surface area contributed by atoms with Crippen LogP contribution >= 0.6 is 0 Å². The summed E-state index contributed by atoms with van der Waals surface area (Å²) in [4.78, 5) is 22.2. The highest BCUT2D eigenvalue weighted by Crippen LogP contribution is 2.21. The first-order valence-electron chi connectivity index (χ1n) is 12.8. The zero-order chi connectivity index (χ0) is 24.0. The van der Waals surface area contributed by atoms with Crippen molar-refractivity contribution in [2.75, 3.05) is 26.2 Å². The summed E-state index contributed by atoms with van der Waals surface area (Å²) < 4.78 is 5.51. The number of aryl methyl sites for hydroxylation is 1. The van der Waals surface area contributed by atoms with Gasteiger partial charge in [-0.1, -0.05) is 53.2 Å². The van der Waals surface area contributed by atoms with Crippen LogP contribution in [0, 0.1) is 12.8 Å². The minimum atomic E-state index is -0.0163. The van der Waals surface area contributed by atoms with Gasteiger partial charge < -0.3 is 9.84 Å². The molecule has 0 saturated carbocycles. The summed E-state index contributed by atoms with van der Waals surface area (Å²) in [5.74, 6) is 1.32. The van der Waals surface area contributed by atoms with Gasteiger partial charge in [0.1, 0.15) is 0 Å². The molecule has 184 valence electrons. The SMILES string of the molecule is Cc1cccc(-c2noc(CN3CCCC(C(=O)NCc4ccc(CN5CCCC5)cc4)C3)n2)c1. The van der Waals surface area contributed by atoms with Gasteiger partial charge in [0.25, 0.3) is 0 Å². The van der Waals surface area contributed by atoms with Crippen LogP contribution < -0.4 is 5.32 Å². The number of benzene rings is 2. The average Bonchev–Trinajstić information content (AvgIpc) is 3.56. The number of rotatable bonds is 8. The van der Waals surface area contributed by atoms with Gasteiger partial charge in [-0.3, -0.25) is 14.6 Å². The molecule has 7 heteroatoms. The monoisotopic (exact) mass is 473 g/mol. The largest absolute Gasteiger partial charge is 0.352 e. The molecule has 0 bridgehead atoms. The van der Waals surface area contributed by atoms with Crippen LogP contribution in [0.1, 0.15) is 48.3 Å². The fourth-order valence-corrected chi connectivity index (χ4v) is 5.12. The van der Waals surface area contributed by atoms with E-state index in [2.05, 4.69) is 55.6 Å². The molecule has 5 rings (SSSR count). The lowest BCUT2D eigenvalue weighted by molar-refractivity contribution is -0.127. The maximum Gasteiger partial charge on any atom is 0.241 e. The van der Waals surface area contributed by atoms with E-state index in [4.69, 9.17) is 4.52 Å². The molecule has 3 heterocycles. The van der Waals surface area contributed by atoms with Crippen molar-refractivity contribution in [3.8, 4) is 11.4 Å². The minimum Gasteiger partial charge on any atom is -0.352 e. The Labute approximate surface area is 207 Å². The second-order valence-corrected chi connectivity index (χ2v) is 9.97. The number of piperidine rings is 1. The molecule has 7 nitrogen and oxygen atoms in total. The quantitative estimate of drug-likeness (QED) is 0.529. The van der Waals surface area contributed by atoms with Crippen LogP contribution in [0.5, 0.6) is 0 Å². The molecule has 2 aromatic carbocycles. The Hall–Kier alpha value is -3.03. The van der Waals surface area contributed by atoms with Gasteiger partial charge in [0.2, 0.25) is 17.6 Å². The highest BCUT2D eigenvalue weighted by molar-refractivity contribution is 5.79. The molecule has 2 fully saturated rings. The number of hydrogen-bond donors (Lipinski definition) is 1. The molecule has 0 aliphatic carbocycles. The van der Waals surface area contributed by atoms with Crippen molar-refractivity contribution >= 4 is 5.91 Å². The van der Waals surface area contributed by atoms with Crippen LogP contribution in [0.3, 0.4) is 0 Å². The summed E-state index contributed by atoms with van der Waals surface area (Å²) in [6, 6.07) is 16.8. The normalized spacial score (nSPS) is 19.2. The predicted molar refractivity (Wildman–Crippen MR) is 135 cm³/mol. The van der Waals surface area contributed by atoms with Crippen LogP contribution in [0.2, 0.25) is 0 Å². The third kappa shape index (κ3) is 6.35. The second-order valence-electron chi connectivity index (χ2n) is 9.97. The Morgan fingerprint density at radius 2 is 1.77 bits per heavy atom. The van der Waals surface area contributed by atoms with E-state index in [1.165, 1.54) is 31.5 Å². The van der Waals surface area contributed by atoms with Gasteiger partial charge in [0, 0.05) is 25.2 Å². The van der Waals surface area contributed by atoms with Crippen molar-refractivity contribution in [2.45, 2.75) is 52.2 Å². The standard InChI is InChI=1S/C28H35N5O2/c1-21-6-4-7-24(16-21)27-30-26(35-31-27)20-33-15-5-8-25(19-33)28(34)29-17-22-9-11-23(12-10-22)18-32-13-2-3-14-32/h4,6-7,9-12,16,25H,2-3,5,8,13-15,17-20H2,1H3,(H,29,34). The molecule has 0 spiro atoms. The van der Waals surface area contributed by atoms with Gasteiger partial charge in [-0.25, -0.2) is 0 Å². The van der Waals surface area contributed by atoms with Crippen molar-refractivity contribution in [2.24, 2.45) is 5.92 Å². The summed E-state index contributed by atoms with van der Waals surface area (Å²) in [7, 11) is 0. The fraction of sp³-hybridized carbons (Fsp3) is 0.464. The molecule has 2 saturated heterocycles. The first kappa shape index (κ1) is 23.7. The zero-order valence-electron chi connectivity index (χ0n) is 20.6. The van der Waals surface area contributed by atoms with Crippen LogP contribution in [-0.4, -0.2) is 52.0 Å². The highest BCUT2D eigenvalue weighted by atomic mass is 16.5. The minimum absolute atomic E-state index is 0.0163. The lowest BCUT2D eigenvalue weighted by atomic mass is 9.97. The van der Waals surface area contributed by atoms with Gasteiger partial charge in [-0.05, 0) is 69.4 Å². The van der Waals surface area contributed by atoms with Crippen molar-refractivity contribution in [3.63, 3.8) is 0 Å². The molecule has 35 heavy (non-hydrogen) atoms. The smallest absolute Gasteiger partial charge is 0.241 e. The summed E-state index contributed by atoms with van der Waals surface area (Å²) in [5, 5.41) is 7.30. The topological polar surface area (TPSA) is 74.5 Å². The summed E-state index contributed by atoms with van der Waals surface area (Å²) in [5.41, 5.74) is 4.61. The van der Waals surface area contributed by atoms with E-state index in [9.17, 15) is 4.79 Å². The summed E-state index contributed by atoms with van der Waals surface area (Å²) in [6.07, 6.45) is 4.52. The van der Waals surface area contributed by atoms with Gasteiger partial charge in [-0.15, -0.1) is 0 Å². The summed E-state index contributed by atoms with van der Waals surface area (Å²) >= 11 is 0. The molecular weight excluding hydrogens is 438 g/mol. The molecule has 1 N–H and O–H groups in total. The van der Waals surface area contributed by atoms with Crippen LogP contribution in [0.4, 0.5) is 0 Å².